The number of hydrogen-bond donors (Lipinski definition) is 1. The van der Waals surface area contributed by atoms with Crippen LogP contribution >= 0.6 is 0 Å². The molecular weight excluding hydrogens is 336 g/mol. The van der Waals surface area contributed by atoms with E-state index in [0.717, 1.165) is 49.7 Å². The van der Waals surface area contributed by atoms with Crippen molar-refractivity contribution in [1.29, 1.82) is 0 Å². The molecule has 1 saturated heterocycles. The fourth-order valence-electron chi connectivity index (χ4n) is 3.82. The molecule has 1 aliphatic rings. The number of aryl methyl sites for hydroxylation is 1. The van der Waals surface area contributed by atoms with Crippen molar-refractivity contribution >= 4 is 11.6 Å². The average Bonchev–Trinajstić information content (AvgIpc) is 3.12. The summed E-state index contributed by atoms with van der Waals surface area (Å²) in [5.74, 6) is 3.37. The zero-order valence-electron chi connectivity index (χ0n) is 16.6. The normalized spacial score (nSPS) is 17.0. The number of nitrogens with zero attached hydrogens (tertiary/aromatic N) is 1. The van der Waals surface area contributed by atoms with Gasteiger partial charge in [-0.2, -0.15) is 0 Å². The van der Waals surface area contributed by atoms with Crippen molar-refractivity contribution in [2.24, 2.45) is 5.92 Å². The highest BCUT2D eigenvalue weighted by atomic mass is 16.3. The number of benzene rings is 1. The maximum atomic E-state index is 12.1. The lowest BCUT2D eigenvalue weighted by Crippen LogP contribution is -2.35. The van der Waals surface area contributed by atoms with E-state index in [0.29, 0.717) is 18.3 Å². The first-order chi connectivity index (χ1) is 13.1. The molecule has 0 bridgehead atoms. The highest BCUT2D eigenvalue weighted by Crippen LogP contribution is 2.25. The fourth-order valence-corrected chi connectivity index (χ4v) is 3.82. The van der Waals surface area contributed by atoms with Gasteiger partial charge < -0.3 is 14.6 Å². The largest absolute Gasteiger partial charge is 0.466 e. The van der Waals surface area contributed by atoms with Crippen LogP contribution < -0.4 is 5.32 Å². The van der Waals surface area contributed by atoms with Gasteiger partial charge >= 0.3 is 0 Å². The van der Waals surface area contributed by atoms with Crippen molar-refractivity contribution in [1.82, 2.24) is 4.90 Å². The highest BCUT2D eigenvalue weighted by Gasteiger charge is 2.21. The molecule has 0 saturated carbocycles. The van der Waals surface area contributed by atoms with Gasteiger partial charge in [-0.1, -0.05) is 25.1 Å². The van der Waals surface area contributed by atoms with E-state index in [2.05, 4.69) is 23.2 Å². The Morgan fingerprint density at radius 1 is 1.19 bits per heavy atom. The van der Waals surface area contributed by atoms with E-state index in [1.54, 1.807) is 0 Å². The van der Waals surface area contributed by atoms with Crippen molar-refractivity contribution in [3.63, 3.8) is 0 Å². The first-order valence-corrected chi connectivity index (χ1v) is 10.2. The number of carbonyl (C=O) groups excluding carboxylic acids is 1. The second-order valence-corrected chi connectivity index (χ2v) is 7.88. The Bertz CT molecular complexity index is 702. The van der Waals surface area contributed by atoms with E-state index in [1.165, 1.54) is 12.8 Å². The maximum absolute atomic E-state index is 12.1. The summed E-state index contributed by atoms with van der Waals surface area (Å²) in [5, 5.41) is 2.98. The molecule has 1 aromatic heterocycles. The number of hydrogen-bond acceptors (Lipinski definition) is 3. The van der Waals surface area contributed by atoms with Gasteiger partial charge in [0.2, 0.25) is 5.91 Å². The zero-order valence-corrected chi connectivity index (χ0v) is 16.6. The molecule has 1 amide bonds. The van der Waals surface area contributed by atoms with Crippen LogP contribution in [-0.4, -0.2) is 30.4 Å². The van der Waals surface area contributed by atoms with Gasteiger partial charge in [-0.25, -0.2) is 0 Å². The number of likely N-dealkylation sites (tertiary alicyclic amines) is 1. The third-order valence-corrected chi connectivity index (χ3v) is 5.67. The van der Waals surface area contributed by atoms with Crippen LogP contribution in [0, 0.1) is 12.8 Å². The smallest absolute Gasteiger partial charge is 0.224 e. The fraction of sp³-hybridized carbons (Fsp3) is 0.522. The van der Waals surface area contributed by atoms with Crippen molar-refractivity contribution in [3.8, 4) is 0 Å². The summed E-state index contributed by atoms with van der Waals surface area (Å²) in [6, 6.07) is 13.9. The molecule has 1 fully saturated rings. The minimum absolute atomic E-state index is 0.131. The van der Waals surface area contributed by atoms with Crippen LogP contribution in [0.25, 0.3) is 0 Å². The monoisotopic (exact) mass is 368 g/mol. The summed E-state index contributed by atoms with van der Waals surface area (Å²) in [6.07, 6.45) is 5.15. The lowest BCUT2D eigenvalue weighted by molar-refractivity contribution is -0.116. The van der Waals surface area contributed by atoms with E-state index in [4.69, 9.17) is 4.42 Å². The van der Waals surface area contributed by atoms with Crippen molar-refractivity contribution in [2.75, 3.05) is 25.0 Å². The first kappa shape index (κ1) is 19.7. The molecule has 0 spiro atoms. The van der Waals surface area contributed by atoms with Crippen molar-refractivity contribution in [2.45, 2.75) is 51.9 Å². The topological polar surface area (TPSA) is 45.5 Å². The van der Waals surface area contributed by atoms with Crippen LogP contribution in [-0.2, 0) is 4.79 Å². The predicted octanol–water partition coefficient (Wildman–Crippen LogP) is 5.21. The Labute approximate surface area is 162 Å². The van der Waals surface area contributed by atoms with Crippen LogP contribution in [0.2, 0.25) is 0 Å². The molecule has 2 aromatic rings. The van der Waals surface area contributed by atoms with E-state index in [9.17, 15) is 4.79 Å². The van der Waals surface area contributed by atoms with Gasteiger partial charge in [0, 0.05) is 18.0 Å². The Morgan fingerprint density at radius 2 is 1.93 bits per heavy atom. The van der Waals surface area contributed by atoms with Gasteiger partial charge in [-0.05, 0) is 82.4 Å². The number of amides is 1. The molecule has 0 unspecified atom stereocenters. The zero-order chi connectivity index (χ0) is 19.1. The standard InChI is InChI=1S/C23H32N2O2/c1-18(22-10-8-19(2)27-22)12-15-25-16-13-20(14-17-25)9-11-23(26)24-21-6-4-3-5-7-21/h3-8,10,18,20H,9,11-17H2,1-2H3,(H,24,26)/t18-/m0/s1. The van der Waals surface area contributed by atoms with Crippen LogP contribution in [0.3, 0.4) is 0 Å². The molecule has 146 valence electrons. The molecule has 4 heteroatoms. The minimum Gasteiger partial charge on any atom is -0.466 e. The summed E-state index contributed by atoms with van der Waals surface area (Å²) >= 11 is 0. The van der Waals surface area contributed by atoms with Crippen molar-refractivity contribution < 1.29 is 9.21 Å². The lowest BCUT2D eigenvalue weighted by atomic mass is 9.91. The van der Waals surface area contributed by atoms with Gasteiger partial charge in [-0.3, -0.25) is 4.79 Å². The predicted molar refractivity (Wildman–Crippen MR) is 110 cm³/mol. The molecule has 1 N–H and O–H groups in total. The summed E-state index contributed by atoms with van der Waals surface area (Å²) in [6.45, 7) is 7.67. The van der Waals surface area contributed by atoms with Gasteiger partial charge in [0.15, 0.2) is 0 Å². The van der Waals surface area contributed by atoms with Gasteiger partial charge in [0.1, 0.15) is 11.5 Å². The molecule has 0 aliphatic carbocycles. The number of piperidine rings is 1. The minimum atomic E-state index is 0.131. The van der Waals surface area contributed by atoms with E-state index in [1.807, 2.05) is 43.3 Å². The summed E-state index contributed by atoms with van der Waals surface area (Å²) in [5.41, 5.74) is 0.887. The first-order valence-electron chi connectivity index (χ1n) is 10.2. The SMILES string of the molecule is Cc1ccc([C@@H](C)CCN2CCC(CCC(=O)Nc3ccccc3)CC2)o1. The van der Waals surface area contributed by atoms with Crippen LogP contribution in [0.5, 0.6) is 0 Å². The number of rotatable bonds is 8. The Kier molecular flexibility index (Phi) is 7.11. The van der Waals surface area contributed by atoms with Crippen LogP contribution in [0.1, 0.15) is 56.5 Å². The molecule has 1 aromatic carbocycles. The van der Waals surface area contributed by atoms with Crippen LogP contribution in [0.15, 0.2) is 46.9 Å². The van der Waals surface area contributed by atoms with Gasteiger partial charge in [0.25, 0.3) is 0 Å². The van der Waals surface area contributed by atoms with Crippen molar-refractivity contribution in [3.05, 3.63) is 54.0 Å². The molecular formula is C23H32N2O2. The van der Waals surface area contributed by atoms with Crippen LogP contribution in [0.4, 0.5) is 5.69 Å². The number of anilines is 1. The molecule has 2 heterocycles. The number of nitrogens with one attached hydrogen (secondary N) is 1. The molecule has 0 radical (unpaired) electrons. The third kappa shape index (κ3) is 6.24. The van der Waals surface area contributed by atoms with E-state index >= 15 is 0 Å². The molecule has 3 rings (SSSR count). The van der Waals surface area contributed by atoms with Gasteiger partial charge in [-0.15, -0.1) is 0 Å². The Hall–Kier alpha value is -2.07. The molecule has 27 heavy (non-hydrogen) atoms. The molecule has 4 nitrogen and oxygen atoms in total. The lowest BCUT2D eigenvalue weighted by Gasteiger charge is -2.32. The van der Waals surface area contributed by atoms with E-state index < -0.39 is 0 Å². The quantitative estimate of drug-likeness (QED) is 0.695. The summed E-state index contributed by atoms with van der Waals surface area (Å²) in [7, 11) is 0. The molecule has 1 atom stereocenters. The highest BCUT2D eigenvalue weighted by molar-refractivity contribution is 5.90. The summed E-state index contributed by atoms with van der Waals surface area (Å²) < 4.78 is 5.74. The Morgan fingerprint density at radius 3 is 2.59 bits per heavy atom. The van der Waals surface area contributed by atoms with Gasteiger partial charge in [0.05, 0.1) is 0 Å². The second kappa shape index (κ2) is 9.75. The Balaban J connectivity index is 1.31. The number of para-hydroxylation sites is 1. The third-order valence-electron chi connectivity index (χ3n) is 5.67. The maximum Gasteiger partial charge on any atom is 0.224 e. The number of carbonyl (C=O) groups is 1. The number of furan rings is 1. The van der Waals surface area contributed by atoms with E-state index in [-0.39, 0.29) is 5.91 Å². The second-order valence-electron chi connectivity index (χ2n) is 7.88. The average molecular weight is 369 g/mol. The summed E-state index contributed by atoms with van der Waals surface area (Å²) in [4.78, 5) is 14.7. The molecule has 1 aliphatic heterocycles.